The molecular weight excluding hydrogens is 248 g/mol. The highest BCUT2D eigenvalue weighted by Crippen LogP contribution is 2.26. The van der Waals surface area contributed by atoms with Crippen LogP contribution in [0.15, 0.2) is 24.3 Å². The summed E-state index contributed by atoms with van der Waals surface area (Å²) in [7, 11) is 1.63. The maximum Gasteiger partial charge on any atom is 0.316 e. The lowest BCUT2D eigenvalue weighted by Crippen LogP contribution is -2.24. The van der Waals surface area contributed by atoms with Gasteiger partial charge in [-0.25, -0.2) is 0 Å². The summed E-state index contributed by atoms with van der Waals surface area (Å²) in [6.45, 7) is 4.01. The molecule has 0 radical (unpaired) electrons. The summed E-state index contributed by atoms with van der Waals surface area (Å²) in [5, 5.41) is 8.86. The van der Waals surface area contributed by atoms with Crippen LogP contribution in [0.3, 0.4) is 0 Å². The third-order valence-electron chi connectivity index (χ3n) is 2.99. The van der Waals surface area contributed by atoms with E-state index in [9.17, 15) is 9.90 Å². The van der Waals surface area contributed by atoms with Gasteiger partial charge in [0.15, 0.2) is 0 Å². The van der Waals surface area contributed by atoms with E-state index in [1.165, 1.54) is 11.8 Å². The first kappa shape index (κ1) is 14.9. The molecule has 3 nitrogen and oxygen atoms in total. The third-order valence-corrected chi connectivity index (χ3v) is 4.52. The molecule has 0 unspecified atom stereocenters. The number of carbonyl (C=O) groups is 1. The molecule has 2 atom stereocenters. The molecule has 0 aliphatic rings. The normalized spacial score (nSPS) is 13.9. The summed E-state index contributed by atoms with van der Waals surface area (Å²) in [4.78, 5) is 11.2. The lowest BCUT2D eigenvalue weighted by atomic mass is 10.1. The molecule has 0 bridgehead atoms. The van der Waals surface area contributed by atoms with Gasteiger partial charge in [0.1, 0.15) is 11.0 Å². The van der Waals surface area contributed by atoms with Crippen molar-refractivity contribution in [3.05, 3.63) is 29.8 Å². The lowest BCUT2D eigenvalue weighted by molar-refractivity contribution is -0.137. The van der Waals surface area contributed by atoms with Crippen LogP contribution < -0.4 is 4.74 Å². The van der Waals surface area contributed by atoms with E-state index in [1.54, 1.807) is 7.11 Å². The predicted molar refractivity (Wildman–Crippen MR) is 75.2 cm³/mol. The number of thioether (sulfide) groups is 1. The fourth-order valence-corrected chi connectivity index (χ4v) is 2.83. The van der Waals surface area contributed by atoms with E-state index < -0.39 is 5.97 Å². The van der Waals surface area contributed by atoms with Crippen LogP contribution in [0.5, 0.6) is 5.75 Å². The number of hydrogen-bond acceptors (Lipinski definition) is 3. The lowest BCUT2D eigenvalue weighted by Gasteiger charge is -2.18. The van der Waals surface area contributed by atoms with Crippen molar-refractivity contribution in [2.45, 2.75) is 31.3 Å². The monoisotopic (exact) mass is 268 g/mol. The maximum absolute atomic E-state index is 11.2. The average molecular weight is 268 g/mol. The highest BCUT2D eigenvalue weighted by atomic mass is 32.2. The van der Waals surface area contributed by atoms with Crippen LogP contribution in [0, 0.1) is 5.92 Å². The van der Waals surface area contributed by atoms with Crippen LogP contribution in [-0.4, -0.2) is 23.4 Å². The van der Waals surface area contributed by atoms with Gasteiger partial charge < -0.3 is 9.84 Å². The van der Waals surface area contributed by atoms with E-state index in [4.69, 9.17) is 4.74 Å². The molecule has 1 aromatic rings. The number of carboxylic acid groups (broad SMARTS) is 1. The zero-order chi connectivity index (χ0) is 13.5. The minimum atomic E-state index is -0.720. The zero-order valence-corrected chi connectivity index (χ0v) is 11.9. The van der Waals surface area contributed by atoms with E-state index >= 15 is 0 Å². The van der Waals surface area contributed by atoms with Crippen LogP contribution in [0.2, 0.25) is 0 Å². The predicted octanol–water partition coefficient (Wildman–Crippen LogP) is 3.43. The number of rotatable bonds is 7. The maximum atomic E-state index is 11.2. The van der Waals surface area contributed by atoms with Crippen molar-refractivity contribution < 1.29 is 14.6 Å². The van der Waals surface area contributed by atoms with Crippen molar-refractivity contribution in [1.29, 1.82) is 0 Å². The van der Waals surface area contributed by atoms with Gasteiger partial charge in [-0.05, 0) is 23.6 Å². The van der Waals surface area contributed by atoms with Gasteiger partial charge in [-0.15, -0.1) is 11.8 Å². The summed E-state index contributed by atoms with van der Waals surface area (Å²) >= 11 is 1.49. The van der Waals surface area contributed by atoms with Crippen molar-refractivity contribution in [3.8, 4) is 5.75 Å². The second-order valence-electron chi connectivity index (χ2n) is 4.30. The molecule has 0 amide bonds. The summed E-state index contributed by atoms with van der Waals surface area (Å²) in [5.41, 5.74) is 1.12. The van der Waals surface area contributed by atoms with E-state index in [-0.39, 0.29) is 11.2 Å². The number of benzene rings is 1. The number of methoxy groups -OCH3 is 1. The molecule has 1 N–H and O–H groups in total. The minimum Gasteiger partial charge on any atom is -0.497 e. The fourth-order valence-electron chi connectivity index (χ4n) is 1.60. The molecule has 0 saturated heterocycles. The smallest absolute Gasteiger partial charge is 0.316 e. The minimum absolute atomic E-state index is 0.186. The average Bonchev–Trinajstić information content (AvgIpc) is 2.39. The van der Waals surface area contributed by atoms with Crippen LogP contribution in [0.25, 0.3) is 0 Å². The highest BCUT2D eigenvalue weighted by Gasteiger charge is 2.23. The van der Waals surface area contributed by atoms with Gasteiger partial charge in [-0.3, -0.25) is 4.79 Å². The summed E-state index contributed by atoms with van der Waals surface area (Å²) in [6, 6.07) is 7.74. The van der Waals surface area contributed by atoms with Gasteiger partial charge in [0.25, 0.3) is 0 Å². The van der Waals surface area contributed by atoms with E-state index in [2.05, 4.69) is 0 Å². The van der Waals surface area contributed by atoms with E-state index in [1.807, 2.05) is 38.1 Å². The Hall–Kier alpha value is -1.16. The van der Waals surface area contributed by atoms with Crippen LogP contribution in [0.4, 0.5) is 0 Å². The topological polar surface area (TPSA) is 46.5 Å². The van der Waals surface area contributed by atoms with Crippen molar-refractivity contribution in [2.24, 2.45) is 5.92 Å². The molecule has 4 heteroatoms. The Morgan fingerprint density at radius 1 is 1.39 bits per heavy atom. The van der Waals surface area contributed by atoms with Crippen molar-refractivity contribution >= 4 is 17.7 Å². The Kier molecular flexibility index (Phi) is 6.05. The van der Waals surface area contributed by atoms with Gasteiger partial charge in [0, 0.05) is 5.75 Å². The molecule has 0 aliphatic heterocycles. The Balaban J connectivity index is 2.58. The molecular formula is C14H20O3S. The van der Waals surface area contributed by atoms with Crippen molar-refractivity contribution in [2.75, 3.05) is 7.11 Å². The molecule has 0 aromatic heterocycles. The first-order chi connectivity index (χ1) is 8.58. The fraction of sp³-hybridized carbons (Fsp3) is 0.500. The zero-order valence-electron chi connectivity index (χ0n) is 11.1. The van der Waals surface area contributed by atoms with Crippen LogP contribution >= 0.6 is 11.8 Å². The second-order valence-corrected chi connectivity index (χ2v) is 5.43. The molecule has 0 spiro atoms. The molecule has 18 heavy (non-hydrogen) atoms. The number of ether oxygens (including phenoxy) is 1. The standard InChI is InChI=1S/C14H20O3S/c1-4-10(2)13(14(15)16)18-9-11-5-7-12(17-3)8-6-11/h5-8,10,13H,4,9H2,1-3H3,(H,15,16)/t10-,13+/m1/s1. The quantitative estimate of drug-likeness (QED) is 0.823. The number of hydrogen-bond donors (Lipinski definition) is 1. The van der Waals surface area contributed by atoms with Crippen LogP contribution in [-0.2, 0) is 10.5 Å². The number of carboxylic acids is 1. The highest BCUT2D eigenvalue weighted by molar-refractivity contribution is 7.99. The molecule has 0 fully saturated rings. The molecule has 0 heterocycles. The number of aliphatic carboxylic acids is 1. The molecule has 100 valence electrons. The van der Waals surface area contributed by atoms with E-state index in [0.29, 0.717) is 5.75 Å². The molecule has 0 saturated carbocycles. The van der Waals surface area contributed by atoms with Crippen molar-refractivity contribution in [3.63, 3.8) is 0 Å². The Bertz CT molecular complexity index is 375. The summed E-state index contributed by atoms with van der Waals surface area (Å²) < 4.78 is 5.09. The largest absolute Gasteiger partial charge is 0.497 e. The Morgan fingerprint density at radius 2 is 2.00 bits per heavy atom. The van der Waals surface area contributed by atoms with E-state index in [0.717, 1.165) is 17.7 Å². The van der Waals surface area contributed by atoms with Gasteiger partial charge >= 0.3 is 5.97 Å². The van der Waals surface area contributed by atoms with Gasteiger partial charge in [0.05, 0.1) is 7.11 Å². The molecule has 1 rings (SSSR count). The Labute approximate surface area is 113 Å². The van der Waals surface area contributed by atoms with Gasteiger partial charge in [-0.1, -0.05) is 32.4 Å². The molecule has 1 aromatic carbocycles. The SMILES string of the molecule is CC[C@@H](C)[C@H](SCc1ccc(OC)cc1)C(=O)O. The van der Waals surface area contributed by atoms with Gasteiger partial charge in [-0.2, -0.15) is 0 Å². The van der Waals surface area contributed by atoms with Gasteiger partial charge in [0.2, 0.25) is 0 Å². The Morgan fingerprint density at radius 3 is 2.44 bits per heavy atom. The van der Waals surface area contributed by atoms with Crippen molar-refractivity contribution in [1.82, 2.24) is 0 Å². The third kappa shape index (κ3) is 4.26. The summed E-state index contributed by atoms with van der Waals surface area (Å²) in [5.74, 6) is 1.000. The second kappa shape index (κ2) is 7.31. The first-order valence-electron chi connectivity index (χ1n) is 6.05. The van der Waals surface area contributed by atoms with Crippen LogP contribution in [0.1, 0.15) is 25.8 Å². The molecule has 0 aliphatic carbocycles. The summed E-state index contributed by atoms with van der Waals surface area (Å²) in [6.07, 6.45) is 0.882. The first-order valence-corrected chi connectivity index (χ1v) is 7.10.